The maximum absolute atomic E-state index is 13.9. The van der Waals surface area contributed by atoms with Crippen LogP contribution in [0.3, 0.4) is 0 Å². The molecule has 2 fully saturated rings. The highest BCUT2D eigenvalue weighted by atomic mass is 19.4. The molecule has 0 saturated heterocycles. The summed E-state index contributed by atoms with van der Waals surface area (Å²) in [5.74, 6) is 0.902. The Labute approximate surface area is 121 Å². The Morgan fingerprint density at radius 1 is 0.650 bits per heavy atom. The Hall–Kier alpha value is -0.210. The summed E-state index contributed by atoms with van der Waals surface area (Å²) in [4.78, 5) is 0. The van der Waals surface area contributed by atoms with Crippen LogP contribution in [0.5, 0.6) is 0 Å². The van der Waals surface area contributed by atoms with Gasteiger partial charge in [0.15, 0.2) is 0 Å². The van der Waals surface area contributed by atoms with E-state index in [1.165, 1.54) is 6.92 Å². The second-order valence-corrected chi connectivity index (χ2v) is 7.69. The quantitative estimate of drug-likeness (QED) is 0.567. The van der Waals surface area contributed by atoms with Crippen molar-refractivity contribution in [3.63, 3.8) is 0 Å². The van der Waals surface area contributed by atoms with Crippen molar-refractivity contribution >= 4 is 0 Å². The van der Waals surface area contributed by atoms with Gasteiger partial charge in [0.2, 0.25) is 0 Å². The van der Waals surface area contributed by atoms with Crippen LogP contribution in [0.15, 0.2) is 0 Å². The summed E-state index contributed by atoms with van der Waals surface area (Å²) < 4.78 is 41.6. The van der Waals surface area contributed by atoms with E-state index in [1.54, 1.807) is 0 Å². The highest BCUT2D eigenvalue weighted by molar-refractivity contribution is 4.97. The minimum absolute atomic E-state index is 0.155. The summed E-state index contributed by atoms with van der Waals surface area (Å²) in [6, 6.07) is 0. The first-order valence-corrected chi connectivity index (χ1v) is 8.31. The summed E-state index contributed by atoms with van der Waals surface area (Å²) in [7, 11) is 0. The van der Waals surface area contributed by atoms with Gasteiger partial charge in [0.25, 0.3) is 0 Å². The Balaban J connectivity index is 2.17. The molecule has 2 rings (SSSR count). The van der Waals surface area contributed by atoms with E-state index < -0.39 is 11.6 Å². The van der Waals surface area contributed by atoms with Crippen LogP contribution in [-0.4, -0.2) is 6.18 Å². The summed E-state index contributed by atoms with van der Waals surface area (Å²) in [6.07, 6.45) is 2.90. The van der Waals surface area contributed by atoms with Crippen LogP contribution in [0.1, 0.15) is 72.1 Å². The molecule has 2 aliphatic rings. The van der Waals surface area contributed by atoms with Gasteiger partial charge in [-0.1, -0.05) is 46.5 Å². The highest BCUT2D eigenvalue weighted by Gasteiger charge is 2.59. The van der Waals surface area contributed by atoms with E-state index in [2.05, 4.69) is 13.8 Å². The third-order valence-corrected chi connectivity index (χ3v) is 6.34. The molecule has 20 heavy (non-hydrogen) atoms. The van der Waals surface area contributed by atoms with Crippen LogP contribution < -0.4 is 0 Å². The number of halogens is 3. The molecule has 0 radical (unpaired) electrons. The van der Waals surface area contributed by atoms with Crippen LogP contribution in [0.2, 0.25) is 0 Å². The van der Waals surface area contributed by atoms with Gasteiger partial charge in [-0.3, -0.25) is 0 Å². The average Bonchev–Trinajstić information content (AvgIpc) is 2.38. The Bertz CT molecular complexity index is 283. The van der Waals surface area contributed by atoms with Crippen molar-refractivity contribution in [1.82, 2.24) is 0 Å². The van der Waals surface area contributed by atoms with E-state index in [9.17, 15) is 13.2 Å². The molecule has 2 saturated carbocycles. The fourth-order valence-electron chi connectivity index (χ4n) is 4.52. The number of hydrogen-bond donors (Lipinski definition) is 0. The molecule has 0 bridgehead atoms. The van der Waals surface area contributed by atoms with Gasteiger partial charge in [0, 0.05) is 0 Å². The second kappa shape index (κ2) is 5.88. The van der Waals surface area contributed by atoms with E-state index in [0.717, 1.165) is 51.4 Å². The fraction of sp³-hybridized carbons (Fsp3) is 1.00. The van der Waals surface area contributed by atoms with Crippen molar-refractivity contribution in [2.45, 2.75) is 78.3 Å². The van der Waals surface area contributed by atoms with Crippen LogP contribution in [0.25, 0.3) is 0 Å². The molecule has 0 unspecified atom stereocenters. The molecule has 0 nitrogen and oxygen atoms in total. The van der Waals surface area contributed by atoms with Crippen LogP contribution >= 0.6 is 0 Å². The highest BCUT2D eigenvalue weighted by Crippen LogP contribution is 2.57. The number of rotatable bonds is 2. The summed E-state index contributed by atoms with van der Waals surface area (Å²) >= 11 is 0. The smallest absolute Gasteiger partial charge is 0.170 e. The average molecular weight is 290 g/mol. The predicted molar refractivity (Wildman–Crippen MR) is 76.4 cm³/mol. The minimum atomic E-state index is -4.05. The Morgan fingerprint density at radius 3 is 1.20 bits per heavy atom. The Kier molecular flexibility index (Phi) is 4.76. The lowest BCUT2D eigenvalue weighted by atomic mass is 9.58. The first-order valence-electron chi connectivity index (χ1n) is 8.31. The maximum Gasteiger partial charge on any atom is 0.394 e. The molecule has 0 aromatic carbocycles. The van der Waals surface area contributed by atoms with E-state index in [1.807, 2.05) is 0 Å². The van der Waals surface area contributed by atoms with Crippen molar-refractivity contribution < 1.29 is 13.2 Å². The molecule has 0 aromatic heterocycles. The van der Waals surface area contributed by atoms with Gasteiger partial charge in [-0.05, 0) is 49.4 Å². The first-order chi connectivity index (χ1) is 9.25. The molecule has 118 valence electrons. The molecule has 0 amide bonds. The van der Waals surface area contributed by atoms with Crippen molar-refractivity contribution in [1.29, 1.82) is 0 Å². The normalized spacial score (nSPS) is 39.3. The topological polar surface area (TPSA) is 0 Å². The zero-order chi connectivity index (χ0) is 15.0. The first kappa shape index (κ1) is 16.2. The molecule has 0 aliphatic heterocycles. The lowest BCUT2D eigenvalue weighted by molar-refractivity contribution is -0.264. The van der Waals surface area contributed by atoms with E-state index in [4.69, 9.17) is 0 Å². The molecule has 2 aliphatic carbocycles. The lowest BCUT2D eigenvalue weighted by Crippen LogP contribution is -2.49. The standard InChI is InChI=1S/C17H29F3/c1-12-4-8-14(9-5-12)16(3,17(18,19)20)15-10-6-13(2)7-11-15/h12-15H,4-11H2,1-3H3. The largest absolute Gasteiger partial charge is 0.394 e. The van der Waals surface area contributed by atoms with Gasteiger partial charge >= 0.3 is 6.18 Å². The van der Waals surface area contributed by atoms with Crippen molar-refractivity contribution in [2.24, 2.45) is 29.1 Å². The van der Waals surface area contributed by atoms with E-state index >= 15 is 0 Å². The SMILES string of the molecule is CC1CCC(C(C)(C2CCC(C)CC2)C(F)(F)F)CC1. The molecule has 0 atom stereocenters. The molecule has 3 heteroatoms. The third kappa shape index (κ3) is 3.01. The zero-order valence-electron chi connectivity index (χ0n) is 13.1. The van der Waals surface area contributed by atoms with Gasteiger partial charge in [0.1, 0.15) is 0 Å². The van der Waals surface area contributed by atoms with Crippen LogP contribution in [-0.2, 0) is 0 Å². The van der Waals surface area contributed by atoms with Crippen LogP contribution in [0, 0.1) is 29.1 Å². The predicted octanol–water partition coefficient (Wildman–Crippen LogP) is 6.21. The second-order valence-electron chi connectivity index (χ2n) is 7.69. The van der Waals surface area contributed by atoms with Crippen molar-refractivity contribution in [3.8, 4) is 0 Å². The number of alkyl halides is 3. The van der Waals surface area contributed by atoms with Gasteiger partial charge in [0.05, 0.1) is 5.41 Å². The zero-order valence-corrected chi connectivity index (χ0v) is 13.1. The molecular formula is C17H29F3. The van der Waals surface area contributed by atoms with E-state index in [0.29, 0.717) is 11.8 Å². The van der Waals surface area contributed by atoms with Crippen molar-refractivity contribution in [2.75, 3.05) is 0 Å². The molecule has 0 N–H and O–H groups in total. The third-order valence-electron chi connectivity index (χ3n) is 6.34. The molecule has 0 spiro atoms. The lowest BCUT2D eigenvalue weighted by Gasteiger charge is -2.49. The summed E-state index contributed by atoms with van der Waals surface area (Å²) in [6.45, 7) is 5.88. The maximum atomic E-state index is 13.9. The Morgan fingerprint density at radius 2 is 0.950 bits per heavy atom. The van der Waals surface area contributed by atoms with Gasteiger partial charge in [-0.15, -0.1) is 0 Å². The summed E-state index contributed by atoms with van der Waals surface area (Å²) in [5, 5.41) is 0. The van der Waals surface area contributed by atoms with Gasteiger partial charge in [-0.2, -0.15) is 13.2 Å². The van der Waals surface area contributed by atoms with Crippen LogP contribution in [0.4, 0.5) is 13.2 Å². The molecule has 0 aromatic rings. The van der Waals surface area contributed by atoms with Crippen molar-refractivity contribution in [3.05, 3.63) is 0 Å². The summed E-state index contributed by atoms with van der Waals surface area (Å²) in [5.41, 5.74) is -1.45. The molecule has 0 heterocycles. The van der Waals surface area contributed by atoms with Gasteiger partial charge < -0.3 is 0 Å². The monoisotopic (exact) mass is 290 g/mol. The minimum Gasteiger partial charge on any atom is -0.170 e. The molecular weight excluding hydrogens is 261 g/mol. The van der Waals surface area contributed by atoms with Gasteiger partial charge in [-0.25, -0.2) is 0 Å². The fourth-order valence-corrected chi connectivity index (χ4v) is 4.52. The van der Waals surface area contributed by atoms with E-state index in [-0.39, 0.29) is 11.8 Å². The number of hydrogen-bond acceptors (Lipinski definition) is 0.